The Balaban J connectivity index is 2.05. The van der Waals surface area contributed by atoms with Crippen LogP contribution in [0.5, 0.6) is 0 Å². The van der Waals surface area contributed by atoms with E-state index in [0.29, 0.717) is 29.7 Å². The summed E-state index contributed by atoms with van der Waals surface area (Å²) in [5.74, 6) is 0.666. The number of benzene rings is 1. The third kappa shape index (κ3) is 2.25. The molecule has 0 saturated carbocycles. The number of nitrogens with two attached hydrogens (primary N) is 1. The van der Waals surface area contributed by atoms with Gasteiger partial charge in [-0.2, -0.15) is 0 Å². The van der Waals surface area contributed by atoms with Gasteiger partial charge in [0, 0.05) is 24.5 Å². The third-order valence-electron chi connectivity index (χ3n) is 3.78. The number of ether oxygens (including phenoxy) is 1. The Morgan fingerprint density at radius 3 is 2.80 bits per heavy atom. The van der Waals surface area contributed by atoms with Gasteiger partial charge in [-0.05, 0) is 48.4 Å². The molecule has 2 heterocycles. The largest absolute Gasteiger partial charge is 0.399 e. The van der Waals surface area contributed by atoms with E-state index in [9.17, 15) is 0 Å². The molecule has 6 nitrogen and oxygen atoms in total. The number of hydrogen-bond donors (Lipinski definition) is 1. The Hall–Kier alpha value is -1.66. The lowest BCUT2D eigenvalue weighted by atomic mass is 9.92. The van der Waals surface area contributed by atoms with Gasteiger partial charge >= 0.3 is 0 Å². The Bertz CT molecular complexity index is 621. The normalized spacial score (nSPS) is 18.1. The van der Waals surface area contributed by atoms with Crippen LogP contribution in [0.1, 0.15) is 19.8 Å². The number of tetrazole rings is 1. The lowest BCUT2D eigenvalue weighted by Crippen LogP contribution is -2.38. The van der Waals surface area contributed by atoms with Gasteiger partial charge in [0.05, 0.1) is 10.6 Å². The molecule has 1 aromatic carbocycles. The second-order valence-electron chi connectivity index (χ2n) is 5.26. The molecule has 1 fully saturated rings. The van der Waals surface area contributed by atoms with Crippen molar-refractivity contribution in [3.05, 3.63) is 23.2 Å². The number of anilines is 1. The molecule has 1 aliphatic rings. The van der Waals surface area contributed by atoms with Crippen LogP contribution in [-0.4, -0.2) is 33.4 Å². The van der Waals surface area contributed by atoms with Crippen LogP contribution in [0.4, 0.5) is 5.69 Å². The van der Waals surface area contributed by atoms with Crippen molar-refractivity contribution in [3.63, 3.8) is 0 Å². The smallest absolute Gasteiger partial charge is 0.184 e. The Morgan fingerprint density at radius 1 is 1.35 bits per heavy atom. The first-order valence-corrected chi connectivity index (χ1v) is 6.90. The minimum absolute atomic E-state index is 0.151. The molecular weight excluding hydrogens is 278 g/mol. The highest BCUT2D eigenvalue weighted by Crippen LogP contribution is 2.34. The van der Waals surface area contributed by atoms with Gasteiger partial charge in [-0.3, -0.25) is 0 Å². The maximum atomic E-state index is 6.26. The fourth-order valence-electron chi connectivity index (χ4n) is 2.45. The van der Waals surface area contributed by atoms with Crippen molar-refractivity contribution in [2.24, 2.45) is 0 Å². The van der Waals surface area contributed by atoms with Crippen molar-refractivity contribution in [2.45, 2.75) is 25.3 Å². The summed E-state index contributed by atoms with van der Waals surface area (Å²) in [7, 11) is 0. The molecular formula is C13H16ClN5O. The number of nitrogens with zero attached hydrogens (tertiary/aromatic N) is 4. The Morgan fingerprint density at radius 2 is 2.10 bits per heavy atom. The van der Waals surface area contributed by atoms with Crippen LogP contribution in [0, 0.1) is 0 Å². The fourth-order valence-corrected chi connectivity index (χ4v) is 2.73. The van der Waals surface area contributed by atoms with E-state index in [0.717, 1.165) is 18.4 Å². The van der Waals surface area contributed by atoms with Crippen molar-refractivity contribution in [2.75, 3.05) is 18.9 Å². The van der Waals surface area contributed by atoms with Gasteiger partial charge in [0.2, 0.25) is 0 Å². The molecule has 1 aromatic heterocycles. The van der Waals surface area contributed by atoms with E-state index in [1.54, 1.807) is 12.1 Å². The average molecular weight is 294 g/mol. The third-order valence-corrected chi connectivity index (χ3v) is 4.10. The van der Waals surface area contributed by atoms with Crippen molar-refractivity contribution < 1.29 is 4.74 Å². The summed E-state index contributed by atoms with van der Waals surface area (Å²) in [6.45, 7) is 3.57. The second-order valence-corrected chi connectivity index (χ2v) is 5.67. The molecule has 0 unspecified atom stereocenters. The fraction of sp³-hybridized carbons (Fsp3) is 0.462. The van der Waals surface area contributed by atoms with Gasteiger partial charge in [-0.25, -0.2) is 4.68 Å². The SMILES string of the molecule is CC1(n2nnnc2-c2ccc(N)cc2Cl)CCOCC1. The lowest BCUT2D eigenvalue weighted by Gasteiger charge is -2.33. The van der Waals surface area contributed by atoms with Crippen molar-refractivity contribution in [3.8, 4) is 11.4 Å². The highest BCUT2D eigenvalue weighted by Gasteiger charge is 2.33. The summed E-state index contributed by atoms with van der Waals surface area (Å²) >= 11 is 6.26. The summed E-state index contributed by atoms with van der Waals surface area (Å²) in [6.07, 6.45) is 1.75. The highest BCUT2D eigenvalue weighted by atomic mass is 35.5. The minimum Gasteiger partial charge on any atom is -0.399 e. The molecule has 0 aliphatic carbocycles. The number of halogens is 1. The van der Waals surface area contributed by atoms with E-state index >= 15 is 0 Å². The maximum Gasteiger partial charge on any atom is 0.184 e. The van der Waals surface area contributed by atoms with Crippen LogP contribution in [0.15, 0.2) is 18.2 Å². The van der Waals surface area contributed by atoms with E-state index in [-0.39, 0.29) is 5.54 Å². The number of hydrogen-bond acceptors (Lipinski definition) is 5. The van der Waals surface area contributed by atoms with Crippen LogP contribution in [0.25, 0.3) is 11.4 Å². The molecule has 0 radical (unpaired) electrons. The van der Waals surface area contributed by atoms with Gasteiger partial charge in [0.25, 0.3) is 0 Å². The summed E-state index contributed by atoms with van der Waals surface area (Å²) in [5, 5.41) is 12.7. The Kier molecular flexibility index (Phi) is 3.35. The van der Waals surface area contributed by atoms with Gasteiger partial charge < -0.3 is 10.5 Å². The molecule has 20 heavy (non-hydrogen) atoms. The number of rotatable bonds is 2. The van der Waals surface area contributed by atoms with Gasteiger partial charge in [-0.15, -0.1) is 5.10 Å². The molecule has 106 valence electrons. The number of nitrogen functional groups attached to an aromatic ring is 1. The molecule has 0 atom stereocenters. The van der Waals surface area contributed by atoms with Gasteiger partial charge in [0.15, 0.2) is 5.82 Å². The zero-order chi connectivity index (χ0) is 14.2. The van der Waals surface area contributed by atoms with Crippen LogP contribution in [0.2, 0.25) is 5.02 Å². The first-order chi connectivity index (χ1) is 9.60. The van der Waals surface area contributed by atoms with Gasteiger partial charge in [-0.1, -0.05) is 11.6 Å². The van der Waals surface area contributed by atoms with E-state index in [2.05, 4.69) is 22.4 Å². The molecule has 1 aliphatic heterocycles. The molecule has 1 saturated heterocycles. The molecule has 7 heteroatoms. The van der Waals surface area contributed by atoms with Crippen molar-refractivity contribution in [1.82, 2.24) is 20.2 Å². The van der Waals surface area contributed by atoms with Gasteiger partial charge in [0.1, 0.15) is 0 Å². The van der Waals surface area contributed by atoms with E-state index < -0.39 is 0 Å². The molecule has 0 amide bonds. The van der Waals surface area contributed by atoms with Crippen LogP contribution in [0.3, 0.4) is 0 Å². The highest BCUT2D eigenvalue weighted by molar-refractivity contribution is 6.33. The zero-order valence-corrected chi connectivity index (χ0v) is 12.0. The summed E-state index contributed by atoms with van der Waals surface area (Å²) in [4.78, 5) is 0. The predicted molar refractivity (Wildman–Crippen MR) is 76.4 cm³/mol. The molecule has 0 bridgehead atoms. The maximum absolute atomic E-state index is 6.26. The molecule has 2 aromatic rings. The Labute approximate surface area is 121 Å². The van der Waals surface area contributed by atoms with Crippen LogP contribution >= 0.6 is 11.6 Å². The first-order valence-electron chi connectivity index (χ1n) is 6.52. The molecule has 3 rings (SSSR count). The summed E-state index contributed by atoms with van der Waals surface area (Å²) in [5.41, 5.74) is 6.99. The monoisotopic (exact) mass is 293 g/mol. The lowest BCUT2D eigenvalue weighted by molar-refractivity contribution is 0.0240. The number of aromatic nitrogens is 4. The van der Waals surface area contributed by atoms with E-state index in [4.69, 9.17) is 22.1 Å². The average Bonchev–Trinajstić information content (AvgIpc) is 2.89. The van der Waals surface area contributed by atoms with Crippen molar-refractivity contribution >= 4 is 17.3 Å². The topological polar surface area (TPSA) is 78.9 Å². The second kappa shape index (κ2) is 5.03. The molecule has 0 spiro atoms. The molecule has 2 N–H and O–H groups in total. The van der Waals surface area contributed by atoms with Crippen LogP contribution < -0.4 is 5.73 Å². The van der Waals surface area contributed by atoms with Crippen molar-refractivity contribution in [1.29, 1.82) is 0 Å². The summed E-state index contributed by atoms with van der Waals surface area (Å²) < 4.78 is 7.28. The quantitative estimate of drug-likeness (QED) is 0.858. The van der Waals surface area contributed by atoms with Crippen LogP contribution in [-0.2, 0) is 10.3 Å². The van der Waals surface area contributed by atoms with E-state index in [1.807, 2.05) is 10.7 Å². The van der Waals surface area contributed by atoms with E-state index in [1.165, 1.54) is 0 Å². The zero-order valence-electron chi connectivity index (χ0n) is 11.2. The minimum atomic E-state index is -0.151. The standard InChI is InChI=1S/C13H16ClN5O/c1-13(4-6-20-7-5-13)19-12(16-17-18-19)10-3-2-9(15)8-11(10)14/h2-3,8H,4-7,15H2,1H3. The summed E-state index contributed by atoms with van der Waals surface area (Å²) in [6, 6.07) is 5.36. The predicted octanol–water partition coefficient (Wildman–Crippen LogP) is 2.10. The first kappa shape index (κ1) is 13.3.